The lowest BCUT2D eigenvalue weighted by molar-refractivity contribution is -0.140. The van der Waals surface area contributed by atoms with Crippen molar-refractivity contribution >= 4 is 39.3 Å². The summed E-state index contributed by atoms with van der Waals surface area (Å²) < 4.78 is 48.9. The van der Waals surface area contributed by atoms with Crippen molar-refractivity contribution in [2.45, 2.75) is 55.6 Å². The van der Waals surface area contributed by atoms with Crippen LogP contribution in [0, 0.1) is 5.82 Å². The van der Waals surface area contributed by atoms with Crippen LogP contribution in [0.5, 0.6) is 5.75 Å². The number of carbonyl (C=O) groups is 2. The molecule has 0 aliphatic carbocycles. The van der Waals surface area contributed by atoms with E-state index in [0.717, 1.165) is 14.8 Å². The topological polar surface area (TPSA) is 96.0 Å². The lowest BCUT2D eigenvalue weighted by Crippen LogP contribution is -2.54. The number of amides is 2. The van der Waals surface area contributed by atoms with E-state index in [9.17, 15) is 22.4 Å². The smallest absolute Gasteiger partial charge is 0.264 e. The fourth-order valence-corrected chi connectivity index (χ4v) is 6.82. The number of nitrogens with zero attached hydrogens (tertiary/aromatic N) is 2. The third-order valence-electron chi connectivity index (χ3n) is 7.33. The van der Waals surface area contributed by atoms with Crippen molar-refractivity contribution in [1.29, 1.82) is 0 Å². The minimum absolute atomic E-state index is 0.0143. The summed E-state index contributed by atoms with van der Waals surface area (Å²) in [5.41, 5.74) is 1.65. The van der Waals surface area contributed by atoms with Gasteiger partial charge in [-0.1, -0.05) is 42.5 Å². The molecule has 4 rings (SSSR count). The largest absolute Gasteiger partial charge is 0.494 e. The standard InChI is InChI=1S/C36H40FN3O5S2/c1-5-45-31-17-15-30(16-18-31)40(47(43,44)33-21-19-32(46-4)20-22-33)25-35(41)39(24-28-11-13-29(37)14-12-28)34(36(42)38-26(2)3)23-27-9-7-6-8-10-27/h6-22,26,34H,5,23-25H2,1-4H3,(H,38,42)/t34-/m0/s1. The third-order valence-corrected chi connectivity index (χ3v) is 9.86. The van der Waals surface area contributed by atoms with Crippen LogP contribution < -0.4 is 14.4 Å². The first-order chi connectivity index (χ1) is 22.5. The number of ether oxygens (including phenoxy) is 1. The molecule has 0 unspecified atom stereocenters. The minimum atomic E-state index is -4.25. The van der Waals surface area contributed by atoms with Crippen molar-refractivity contribution in [3.05, 3.63) is 120 Å². The van der Waals surface area contributed by atoms with Crippen molar-refractivity contribution in [3.63, 3.8) is 0 Å². The number of sulfonamides is 1. The second kappa shape index (κ2) is 16.5. The molecule has 2 amide bonds. The average Bonchev–Trinajstić information content (AvgIpc) is 3.06. The van der Waals surface area contributed by atoms with Gasteiger partial charge in [0, 0.05) is 23.9 Å². The van der Waals surface area contributed by atoms with Gasteiger partial charge in [0.2, 0.25) is 11.8 Å². The van der Waals surface area contributed by atoms with Gasteiger partial charge in [-0.25, -0.2) is 12.8 Å². The summed E-state index contributed by atoms with van der Waals surface area (Å²) in [6, 6.07) is 26.7. The van der Waals surface area contributed by atoms with Gasteiger partial charge in [-0.15, -0.1) is 11.8 Å². The highest BCUT2D eigenvalue weighted by Gasteiger charge is 2.35. The van der Waals surface area contributed by atoms with Gasteiger partial charge in [0.1, 0.15) is 24.2 Å². The van der Waals surface area contributed by atoms with E-state index >= 15 is 0 Å². The zero-order valence-electron chi connectivity index (χ0n) is 26.9. The summed E-state index contributed by atoms with van der Waals surface area (Å²) in [5, 5.41) is 2.92. The molecule has 4 aromatic carbocycles. The number of nitrogens with one attached hydrogen (secondary N) is 1. The summed E-state index contributed by atoms with van der Waals surface area (Å²) in [4.78, 5) is 30.6. The predicted octanol–water partition coefficient (Wildman–Crippen LogP) is 6.31. The van der Waals surface area contributed by atoms with Crippen LogP contribution in [0.25, 0.3) is 0 Å². The predicted molar refractivity (Wildman–Crippen MR) is 185 cm³/mol. The molecular weight excluding hydrogens is 638 g/mol. The Morgan fingerprint density at radius 2 is 1.51 bits per heavy atom. The summed E-state index contributed by atoms with van der Waals surface area (Å²) in [6.45, 7) is 5.28. The van der Waals surface area contributed by atoms with Gasteiger partial charge in [0.25, 0.3) is 10.0 Å². The van der Waals surface area contributed by atoms with E-state index in [0.29, 0.717) is 17.9 Å². The Balaban J connectivity index is 1.80. The first kappa shape index (κ1) is 35.5. The lowest BCUT2D eigenvalue weighted by Gasteiger charge is -2.34. The average molecular weight is 678 g/mol. The molecule has 0 spiro atoms. The van der Waals surface area contributed by atoms with Crippen molar-refractivity contribution in [2.75, 3.05) is 23.7 Å². The number of hydrogen-bond donors (Lipinski definition) is 1. The number of thioether (sulfide) groups is 1. The molecule has 0 saturated heterocycles. The Morgan fingerprint density at radius 3 is 2.09 bits per heavy atom. The molecule has 0 saturated carbocycles. The van der Waals surface area contributed by atoms with Gasteiger partial charge in [0.05, 0.1) is 17.2 Å². The Bertz CT molecular complexity index is 1720. The van der Waals surface area contributed by atoms with Crippen LogP contribution in [-0.2, 0) is 32.6 Å². The maximum Gasteiger partial charge on any atom is 0.264 e. The molecule has 8 nitrogen and oxygen atoms in total. The molecule has 0 heterocycles. The number of anilines is 1. The number of carbonyl (C=O) groups excluding carboxylic acids is 2. The molecule has 47 heavy (non-hydrogen) atoms. The fraction of sp³-hybridized carbons (Fsp3) is 0.278. The minimum Gasteiger partial charge on any atom is -0.494 e. The normalized spacial score (nSPS) is 12.0. The van der Waals surface area contributed by atoms with Crippen molar-refractivity contribution in [2.24, 2.45) is 0 Å². The highest BCUT2D eigenvalue weighted by atomic mass is 32.2. The van der Waals surface area contributed by atoms with Crippen LogP contribution in [0.1, 0.15) is 31.9 Å². The van der Waals surface area contributed by atoms with E-state index in [2.05, 4.69) is 5.32 Å². The quantitative estimate of drug-likeness (QED) is 0.148. The highest BCUT2D eigenvalue weighted by Crippen LogP contribution is 2.28. The van der Waals surface area contributed by atoms with Crippen molar-refractivity contribution < 1.29 is 27.1 Å². The zero-order chi connectivity index (χ0) is 34.0. The molecule has 0 radical (unpaired) electrons. The second-order valence-corrected chi connectivity index (χ2v) is 13.9. The molecule has 0 aliphatic heterocycles. The van der Waals surface area contributed by atoms with E-state index in [-0.39, 0.29) is 35.5 Å². The van der Waals surface area contributed by atoms with Crippen LogP contribution in [0.15, 0.2) is 113 Å². The van der Waals surface area contributed by atoms with E-state index in [1.807, 2.05) is 57.4 Å². The van der Waals surface area contributed by atoms with Crippen LogP contribution in [-0.4, -0.2) is 56.6 Å². The molecule has 0 bridgehead atoms. The Morgan fingerprint density at radius 1 is 0.872 bits per heavy atom. The Kier molecular flexibility index (Phi) is 12.4. The van der Waals surface area contributed by atoms with E-state index in [4.69, 9.17) is 4.74 Å². The second-order valence-electron chi connectivity index (χ2n) is 11.1. The summed E-state index contributed by atoms with van der Waals surface area (Å²) in [6.07, 6.45) is 2.07. The SMILES string of the molecule is CCOc1ccc(N(CC(=O)N(Cc2ccc(F)cc2)[C@@H](Cc2ccccc2)C(=O)NC(C)C)S(=O)(=O)c2ccc(SC)cc2)cc1. The molecule has 248 valence electrons. The number of rotatable bonds is 15. The molecule has 1 atom stereocenters. The van der Waals surface area contributed by atoms with Crippen LogP contribution in [0.4, 0.5) is 10.1 Å². The summed E-state index contributed by atoms with van der Waals surface area (Å²) in [5.74, 6) is -0.879. The van der Waals surface area contributed by atoms with E-state index < -0.39 is 34.3 Å². The van der Waals surface area contributed by atoms with Crippen molar-refractivity contribution in [3.8, 4) is 5.75 Å². The first-order valence-electron chi connectivity index (χ1n) is 15.3. The molecule has 0 fully saturated rings. The van der Waals surface area contributed by atoms with E-state index in [1.165, 1.54) is 40.9 Å². The van der Waals surface area contributed by atoms with Crippen molar-refractivity contribution in [1.82, 2.24) is 10.2 Å². The van der Waals surface area contributed by atoms with Gasteiger partial charge in [-0.2, -0.15) is 0 Å². The molecule has 0 aromatic heterocycles. The number of halogens is 1. The molecular formula is C36H40FN3O5S2. The number of hydrogen-bond acceptors (Lipinski definition) is 6. The maximum atomic E-state index is 14.5. The van der Waals surface area contributed by atoms with Gasteiger partial charge in [0.15, 0.2) is 0 Å². The molecule has 0 aliphatic rings. The van der Waals surface area contributed by atoms with Gasteiger partial charge in [-0.3, -0.25) is 13.9 Å². The van der Waals surface area contributed by atoms with Gasteiger partial charge >= 0.3 is 0 Å². The van der Waals surface area contributed by atoms with Gasteiger partial charge < -0.3 is 15.0 Å². The maximum absolute atomic E-state index is 14.5. The monoisotopic (exact) mass is 677 g/mol. The Labute approximate surface area is 281 Å². The zero-order valence-corrected chi connectivity index (χ0v) is 28.6. The number of benzene rings is 4. The molecule has 11 heteroatoms. The molecule has 1 N–H and O–H groups in total. The summed E-state index contributed by atoms with van der Waals surface area (Å²) >= 11 is 1.48. The van der Waals surface area contributed by atoms with Gasteiger partial charge in [-0.05, 0) is 98.8 Å². The first-order valence-corrected chi connectivity index (χ1v) is 18.0. The fourth-order valence-electron chi connectivity index (χ4n) is 5.00. The summed E-state index contributed by atoms with van der Waals surface area (Å²) in [7, 11) is -4.25. The molecule has 4 aromatic rings. The lowest BCUT2D eigenvalue weighted by atomic mass is 10.0. The van der Waals surface area contributed by atoms with E-state index in [1.54, 1.807) is 48.5 Å². The van der Waals surface area contributed by atoms with Crippen LogP contribution >= 0.6 is 11.8 Å². The third kappa shape index (κ3) is 9.59. The van der Waals surface area contributed by atoms with Crippen LogP contribution in [0.2, 0.25) is 0 Å². The Hall–Kier alpha value is -4.35. The highest BCUT2D eigenvalue weighted by molar-refractivity contribution is 7.98. The van der Waals surface area contributed by atoms with Crippen LogP contribution in [0.3, 0.4) is 0 Å².